The van der Waals surface area contributed by atoms with Gasteiger partial charge in [-0.15, -0.1) is 0 Å². The molecule has 27 heavy (non-hydrogen) atoms. The van der Waals surface area contributed by atoms with Crippen LogP contribution in [0.5, 0.6) is 5.75 Å². The van der Waals surface area contributed by atoms with E-state index in [4.69, 9.17) is 9.84 Å². The molecule has 0 saturated carbocycles. The van der Waals surface area contributed by atoms with E-state index < -0.39 is 16.0 Å². The first kappa shape index (κ1) is 19.0. The van der Waals surface area contributed by atoms with Gasteiger partial charge in [0.25, 0.3) is 10.0 Å². The standard InChI is InChI=1S/C20H21NO5S/c1-14(2)26-17-9-10-19-15(13-17)12-16(8-11-20(22)23)21(19)27(24,25)18-6-4-3-5-7-18/h3-7,9-10,12-14H,8,11H2,1-2H3,(H,22,23). The maximum atomic E-state index is 13.2. The molecule has 0 bridgehead atoms. The van der Waals surface area contributed by atoms with Crippen molar-refractivity contribution in [3.8, 4) is 5.75 Å². The number of fused-ring (bicyclic) bond motifs is 1. The molecule has 0 fully saturated rings. The molecular weight excluding hydrogens is 366 g/mol. The number of carbonyl (C=O) groups is 1. The van der Waals surface area contributed by atoms with Crippen LogP contribution in [0.3, 0.4) is 0 Å². The highest BCUT2D eigenvalue weighted by molar-refractivity contribution is 7.90. The molecule has 0 spiro atoms. The van der Waals surface area contributed by atoms with Gasteiger partial charge in [-0.1, -0.05) is 18.2 Å². The molecule has 0 atom stereocenters. The molecule has 2 aromatic carbocycles. The fraction of sp³-hybridized carbons (Fsp3) is 0.250. The SMILES string of the molecule is CC(C)Oc1ccc2c(c1)cc(CCC(=O)O)n2S(=O)(=O)c1ccccc1. The third kappa shape index (κ3) is 3.98. The highest BCUT2D eigenvalue weighted by atomic mass is 32.2. The van der Waals surface area contributed by atoms with Crippen LogP contribution < -0.4 is 4.74 Å². The smallest absolute Gasteiger partial charge is 0.303 e. The van der Waals surface area contributed by atoms with Crippen molar-refractivity contribution in [1.82, 2.24) is 3.97 Å². The Hall–Kier alpha value is -2.80. The van der Waals surface area contributed by atoms with Crippen LogP contribution in [-0.4, -0.2) is 29.6 Å². The topological polar surface area (TPSA) is 85.6 Å². The quantitative estimate of drug-likeness (QED) is 0.668. The summed E-state index contributed by atoms with van der Waals surface area (Å²) in [6, 6.07) is 15.0. The van der Waals surface area contributed by atoms with Crippen molar-refractivity contribution in [2.45, 2.75) is 37.7 Å². The van der Waals surface area contributed by atoms with Gasteiger partial charge in [-0.2, -0.15) is 0 Å². The Labute approximate surface area is 158 Å². The van der Waals surface area contributed by atoms with Crippen LogP contribution in [0.15, 0.2) is 59.5 Å². The van der Waals surface area contributed by atoms with E-state index >= 15 is 0 Å². The summed E-state index contributed by atoms with van der Waals surface area (Å²) in [6.45, 7) is 3.82. The predicted octanol–water partition coefficient (Wildman–Crippen LogP) is 3.68. The van der Waals surface area contributed by atoms with Crippen LogP contribution in [0.1, 0.15) is 26.0 Å². The largest absolute Gasteiger partial charge is 0.491 e. The summed E-state index contributed by atoms with van der Waals surface area (Å²) in [5.41, 5.74) is 0.924. The van der Waals surface area contributed by atoms with Gasteiger partial charge in [0.2, 0.25) is 0 Å². The number of benzene rings is 2. The monoisotopic (exact) mass is 387 g/mol. The molecule has 6 nitrogen and oxygen atoms in total. The zero-order valence-corrected chi connectivity index (χ0v) is 15.9. The first-order valence-electron chi connectivity index (χ1n) is 8.62. The number of aryl methyl sites for hydroxylation is 1. The van der Waals surface area contributed by atoms with E-state index in [-0.39, 0.29) is 23.8 Å². The lowest BCUT2D eigenvalue weighted by Crippen LogP contribution is -2.16. The van der Waals surface area contributed by atoms with Crippen molar-refractivity contribution in [2.75, 3.05) is 0 Å². The summed E-state index contributed by atoms with van der Waals surface area (Å²) < 4.78 is 33.4. The lowest BCUT2D eigenvalue weighted by atomic mass is 10.2. The molecular formula is C20H21NO5S. The van der Waals surface area contributed by atoms with E-state index in [2.05, 4.69) is 0 Å². The van der Waals surface area contributed by atoms with Gasteiger partial charge in [-0.05, 0) is 56.7 Å². The van der Waals surface area contributed by atoms with Crippen LogP contribution in [0.25, 0.3) is 10.9 Å². The average molecular weight is 387 g/mol. The van der Waals surface area contributed by atoms with Gasteiger partial charge in [0.05, 0.1) is 22.9 Å². The zero-order chi connectivity index (χ0) is 19.6. The molecule has 0 saturated heterocycles. The lowest BCUT2D eigenvalue weighted by Gasteiger charge is -2.12. The third-order valence-electron chi connectivity index (χ3n) is 4.05. The van der Waals surface area contributed by atoms with Gasteiger partial charge in [0.1, 0.15) is 5.75 Å². The van der Waals surface area contributed by atoms with Crippen LogP contribution in [0.2, 0.25) is 0 Å². The summed E-state index contributed by atoms with van der Waals surface area (Å²) in [5, 5.41) is 9.71. The van der Waals surface area contributed by atoms with Crippen molar-refractivity contribution in [3.05, 3.63) is 60.3 Å². The molecule has 1 aromatic heterocycles. The minimum Gasteiger partial charge on any atom is -0.491 e. The van der Waals surface area contributed by atoms with Gasteiger partial charge >= 0.3 is 5.97 Å². The Kier molecular flexibility index (Phi) is 5.23. The van der Waals surface area contributed by atoms with E-state index in [1.165, 1.54) is 16.1 Å². The average Bonchev–Trinajstić information content (AvgIpc) is 2.98. The summed E-state index contributed by atoms with van der Waals surface area (Å²) in [5.74, 6) is -0.343. The van der Waals surface area contributed by atoms with Gasteiger partial charge in [0.15, 0.2) is 0 Å². The van der Waals surface area contributed by atoms with E-state index in [9.17, 15) is 13.2 Å². The Morgan fingerprint density at radius 3 is 2.44 bits per heavy atom. The van der Waals surface area contributed by atoms with Gasteiger partial charge < -0.3 is 9.84 Å². The molecule has 0 aliphatic heterocycles. The van der Waals surface area contributed by atoms with Crippen molar-refractivity contribution in [1.29, 1.82) is 0 Å². The van der Waals surface area contributed by atoms with Gasteiger partial charge in [-0.25, -0.2) is 12.4 Å². The fourth-order valence-corrected chi connectivity index (χ4v) is 4.55. The summed E-state index contributed by atoms with van der Waals surface area (Å²) in [4.78, 5) is 11.2. The number of hydrogen-bond donors (Lipinski definition) is 1. The van der Waals surface area contributed by atoms with E-state index in [0.717, 1.165) is 0 Å². The van der Waals surface area contributed by atoms with E-state index in [0.29, 0.717) is 22.3 Å². The summed E-state index contributed by atoms with van der Waals surface area (Å²) in [7, 11) is -3.85. The van der Waals surface area contributed by atoms with Crippen molar-refractivity contribution >= 4 is 26.9 Å². The Morgan fingerprint density at radius 1 is 1.11 bits per heavy atom. The highest BCUT2D eigenvalue weighted by Crippen LogP contribution is 2.29. The maximum Gasteiger partial charge on any atom is 0.303 e. The minimum absolute atomic E-state index is 0.0101. The number of hydrogen-bond acceptors (Lipinski definition) is 4. The van der Waals surface area contributed by atoms with Crippen molar-refractivity contribution < 1.29 is 23.1 Å². The van der Waals surface area contributed by atoms with E-state index in [1.54, 1.807) is 42.5 Å². The summed E-state index contributed by atoms with van der Waals surface area (Å²) >= 11 is 0. The maximum absolute atomic E-state index is 13.2. The molecule has 0 aliphatic rings. The molecule has 7 heteroatoms. The van der Waals surface area contributed by atoms with Crippen LogP contribution in [0.4, 0.5) is 0 Å². The Morgan fingerprint density at radius 2 is 1.81 bits per heavy atom. The Bertz CT molecular complexity index is 1070. The molecule has 3 aromatic rings. The molecule has 0 unspecified atom stereocenters. The fourth-order valence-electron chi connectivity index (χ4n) is 2.96. The molecule has 1 heterocycles. The first-order chi connectivity index (χ1) is 12.8. The second kappa shape index (κ2) is 7.44. The molecule has 0 radical (unpaired) electrons. The molecule has 3 rings (SSSR count). The number of carboxylic acids is 1. The van der Waals surface area contributed by atoms with Crippen LogP contribution in [0, 0.1) is 0 Å². The van der Waals surface area contributed by atoms with Crippen LogP contribution in [-0.2, 0) is 21.2 Å². The van der Waals surface area contributed by atoms with E-state index in [1.807, 2.05) is 13.8 Å². The molecule has 142 valence electrons. The number of aliphatic carboxylic acids is 1. The predicted molar refractivity (Wildman–Crippen MR) is 103 cm³/mol. The van der Waals surface area contributed by atoms with Crippen molar-refractivity contribution in [2.24, 2.45) is 0 Å². The third-order valence-corrected chi connectivity index (χ3v) is 5.83. The molecule has 1 N–H and O–H groups in total. The number of carboxylic acid groups (broad SMARTS) is 1. The lowest BCUT2D eigenvalue weighted by molar-refractivity contribution is -0.136. The Balaban J connectivity index is 2.18. The number of nitrogens with zero attached hydrogens (tertiary/aromatic N) is 1. The highest BCUT2D eigenvalue weighted by Gasteiger charge is 2.23. The van der Waals surface area contributed by atoms with Gasteiger partial charge in [-0.3, -0.25) is 4.79 Å². The second-order valence-corrected chi connectivity index (χ2v) is 8.29. The first-order valence-corrected chi connectivity index (χ1v) is 10.1. The zero-order valence-electron chi connectivity index (χ0n) is 15.1. The number of aromatic nitrogens is 1. The normalized spacial score (nSPS) is 11.8. The van der Waals surface area contributed by atoms with Crippen molar-refractivity contribution in [3.63, 3.8) is 0 Å². The molecule has 0 amide bonds. The van der Waals surface area contributed by atoms with Gasteiger partial charge in [0, 0.05) is 11.1 Å². The summed E-state index contributed by atoms with van der Waals surface area (Å²) in [6.07, 6.45) is -0.0593. The number of ether oxygens (including phenoxy) is 1. The minimum atomic E-state index is -3.85. The molecule has 0 aliphatic carbocycles. The number of rotatable bonds is 7. The van der Waals surface area contributed by atoms with Crippen LogP contribution >= 0.6 is 0 Å². The second-order valence-electron chi connectivity index (χ2n) is 6.50.